The zero-order chi connectivity index (χ0) is 23.5. The molecule has 8 heteroatoms. The van der Waals surface area contributed by atoms with Gasteiger partial charge < -0.3 is 10.4 Å². The Morgan fingerprint density at radius 1 is 0.939 bits per heavy atom. The van der Waals surface area contributed by atoms with Crippen molar-refractivity contribution in [3.05, 3.63) is 99.6 Å². The number of phenols is 1. The van der Waals surface area contributed by atoms with Crippen LogP contribution in [0.5, 0.6) is 5.75 Å². The molecule has 4 rings (SSSR count). The predicted octanol–water partition coefficient (Wildman–Crippen LogP) is 6.74. The van der Waals surface area contributed by atoms with E-state index in [2.05, 4.69) is 15.5 Å². The third-order valence-electron chi connectivity index (χ3n) is 5.28. The van der Waals surface area contributed by atoms with Gasteiger partial charge in [-0.2, -0.15) is 5.11 Å². The van der Waals surface area contributed by atoms with Gasteiger partial charge in [-0.25, -0.2) is 0 Å². The highest BCUT2D eigenvalue weighted by molar-refractivity contribution is 6.11. The number of phenolic OH excluding ortho intramolecular Hbond substituents is 1. The normalized spacial score (nSPS) is 11.1. The maximum Gasteiger partial charge on any atom is 0.269 e. The average molecular weight is 440 g/mol. The van der Waals surface area contributed by atoms with Gasteiger partial charge in [0.1, 0.15) is 5.69 Å². The van der Waals surface area contributed by atoms with Crippen molar-refractivity contribution in [2.24, 2.45) is 10.2 Å². The monoisotopic (exact) mass is 440 g/mol. The molecular weight excluding hydrogens is 420 g/mol. The number of aryl methyl sites for hydroxylation is 2. The van der Waals surface area contributed by atoms with Gasteiger partial charge in [0, 0.05) is 23.2 Å². The lowest BCUT2D eigenvalue weighted by atomic mass is 10.0. The molecule has 0 aliphatic carbocycles. The van der Waals surface area contributed by atoms with Crippen molar-refractivity contribution < 1.29 is 14.8 Å². The number of nitro benzene ring substituents is 1. The number of hydrogen-bond acceptors (Lipinski definition) is 6. The van der Waals surface area contributed by atoms with Crippen LogP contribution >= 0.6 is 0 Å². The van der Waals surface area contributed by atoms with Gasteiger partial charge in [0.15, 0.2) is 5.75 Å². The first-order valence-electron chi connectivity index (χ1n) is 10.1. The van der Waals surface area contributed by atoms with E-state index < -0.39 is 10.8 Å². The maximum atomic E-state index is 13.0. The Hall–Kier alpha value is -4.59. The first-order valence-corrected chi connectivity index (χ1v) is 10.1. The number of carbonyl (C=O) groups is 1. The van der Waals surface area contributed by atoms with E-state index in [1.54, 1.807) is 31.2 Å². The molecular formula is C25H20N4O4. The number of amides is 1. The largest absolute Gasteiger partial charge is 0.505 e. The Bertz CT molecular complexity index is 1430. The van der Waals surface area contributed by atoms with E-state index in [-0.39, 0.29) is 22.7 Å². The van der Waals surface area contributed by atoms with Crippen LogP contribution in [0.4, 0.5) is 22.7 Å². The molecule has 0 heterocycles. The zero-order valence-electron chi connectivity index (χ0n) is 17.9. The number of aromatic hydroxyl groups is 1. The Balaban J connectivity index is 1.77. The molecule has 0 fully saturated rings. The Kier molecular flexibility index (Phi) is 5.82. The minimum Gasteiger partial charge on any atom is -0.505 e. The molecule has 0 bridgehead atoms. The number of anilines is 1. The summed E-state index contributed by atoms with van der Waals surface area (Å²) in [5.74, 6) is -0.779. The van der Waals surface area contributed by atoms with Crippen molar-refractivity contribution in [1.82, 2.24) is 0 Å². The first-order chi connectivity index (χ1) is 15.8. The summed E-state index contributed by atoms with van der Waals surface area (Å²) in [6.45, 7) is 3.56. The molecule has 164 valence electrons. The molecule has 0 aliphatic rings. The van der Waals surface area contributed by atoms with Crippen LogP contribution in [0.15, 0.2) is 83.0 Å². The quantitative estimate of drug-likeness (QED) is 0.203. The molecule has 4 aromatic carbocycles. The average Bonchev–Trinajstić information content (AvgIpc) is 2.80. The van der Waals surface area contributed by atoms with Crippen molar-refractivity contribution in [3.63, 3.8) is 0 Å². The van der Waals surface area contributed by atoms with Crippen molar-refractivity contribution in [2.45, 2.75) is 13.8 Å². The number of carbonyl (C=O) groups excluding carboxylic acids is 1. The van der Waals surface area contributed by atoms with Crippen molar-refractivity contribution in [2.75, 3.05) is 5.32 Å². The van der Waals surface area contributed by atoms with Gasteiger partial charge in [0.2, 0.25) is 0 Å². The van der Waals surface area contributed by atoms with Gasteiger partial charge in [0.25, 0.3) is 11.6 Å². The molecule has 0 radical (unpaired) electrons. The predicted molar refractivity (Wildman–Crippen MR) is 127 cm³/mol. The van der Waals surface area contributed by atoms with Crippen LogP contribution in [0.3, 0.4) is 0 Å². The summed E-state index contributed by atoms with van der Waals surface area (Å²) in [7, 11) is 0. The van der Waals surface area contributed by atoms with Gasteiger partial charge in [0.05, 0.1) is 16.2 Å². The molecule has 0 spiro atoms. The maximum absolute atomic E-state index is 13.0. The molecule has 0 saturated heterocycles. The molecule has 1 amide bonds. The second kappa shape index (κ2) is 8.88. The Morgan fingerprint density at radius 3 is 2.39 bits per heavy atom. The van der Waals surface area contributed by atoms with Crippen LogP contribution in [-0.4, -0.2) is 15.9 Å². The minimum absolute atomic E-state index is 0.0466. The van der Waals surface area contributed by atoms with Crippen LogP contribution < -0.4 is 5.32 Å². The lowest BCUT2D eigenvalue weighted by Crippen LogP contribution is -2.13. The molecule has 0 saturated carbocycles. The highest BCUT2D eigenvalue weighted by Gasteiger charge is 2.19. The molecule has 0 aromatic heterocycles. The van der Waals surface area contributed by atoms with Gasteiger partial charge in [-0.1, -0.05) is 42.5 Å². The summed E-state index contributed by atoms with van der Waals surface area (Å²) < 4.78 is 0. The highest BCUT2D eigenvalue weighted by Crippen LogP contribution is 2.40. The highest BCUT2D eigenvalue weighted by atomic mass is 16.6. The third kappa shape index (κ3) is 4.40. The number of fused-ring (bicyclic) bond motifs is 1. The van der Waals surface area contributed by atoms with E-state index in [1.165, 1.54) is 18.2 Å². The van der Waals surface area contributed by atoms with E-state index in [4.69, 9.17) is 0 Å². The minimum atomic E-state index is -0.482. The Labute approximate surface area is 189 Å². The number of para-hydroxylation sites is 1. The third-order valence-corrected chi connectivity index (χ3v) is 5.28. The summed E-state index contributed by atoms with van der Waals surface area (Å²) in [5, 5.41) is 34.5. The Morgan fingerprint density at radius 2 is 1.67 bits per heavy atom. The van der Waals surface area contributed by atoms with Crippen molar-refractivity contribution >= 4 is 39.4 Å². The number of nitro groups is 1. The van der Waals surface area contributed by atoms with Gasteiger partial charge in [-0.15, -0.1) is 5.11 Å². The summed E-state index contributed by atoms with van der Waals surface area (Å²) in [5.41, 5.74) is 2.66. The van der Waals surface area contributed by atoms with Crippen molar-refractivity contribution in [1.29, 1.82) is 0 Å². The summed E-state index contributed by atoms with van der Waals surface area (Å²) in [4.78, 5) is 23.5. The van der Waals surface area contributed by atoms with E-state index in [9.17, 15) is 20.0 Å². The summed E-state index contributed by atoms with van der Waals surface area (Å²) >= 11 is 0. The number of hydrogen-bond donors (Lipinski definition) is 2. The van der Waals surface area contributed by atoms with Crippen LogP contribution in [0.25, 0.3) is 10.8 Å². The molecule has 4 aromatic rings. The van der Waals surface area contributed by atoms with Gasteiger partial charge in [-0.05, 0) is 48.6 Å². The molecule has 8 nitrogen and oxygen atoms in total. The first kappa shape index (κ1) is 21.6. The van der Waals surface area contributed by atoms with Gasteiger partial charge >= 0.3 is 0 Å². The fraction of sp³-hybridized carbons (Fsp3) is 0.0800. The lowest BCUT2D eigenvalue weighted by Gasteiger charge is -2.12. The van der Waals surface area contributed by atoms with Crippen LogP contribution in [0.2, 0.25) is 0 Å². The SMILES string of the molecule is Cc1cc([N+](=O)[O-])ccc1N=Nc1c(O)c(C(=O)Nc2ccccc2C)cc2ccccc12. The molecule has 33 heavy (non-hydrogen) atoms. The molecule has 2 N–H and O–H groups in total. The molecule has 0 aliphatic heterocycles. The van der Waals surface area contributed by atoms with E-state index in [0.717, 1.165) is 5.56 Å². The smallest absolute Gasteiger partial charge is 0.269 e. The summed E-state index contributed by atoms with van der Waals surface area (Å²) in [6.07, 6.45) is 0. The fourth-order valence-corrected chi connectivity index (χ4v) is 3.46. The number of rotatable bonds is 5. The zero-order valence-corrected chi connectivity index (χ0v) is 17.9. The number of non-ortho nitro benzene ring substituents is 1. The van der Waals surface area contributed by atoms with E-state index in [1.807, 2.05) is 37.3 Å². The second-order valence-electron chi connectivity index (χ2n) is 7.54. The molecule has 0 unspecified atom stereocenters. The van der Waals surface area contributed by atoms with Crippen LogP contribution in [0.1, 0.15) is 21.5 Å². The number of nitrogens with one attached hydrogen (secondary N) is 1. The van der Waals surface area contributed by atoms with E-state index in [0.29, 0.717) is 27.7 Å². The topological polar surface area (TPSA) is 117 Å². The number of nitrogens with zero attached hydrogens (tertiary/aromatic N) is 3. The fourth-order valence-electron chi connectivity index (χ4n) is 3.46. The lowest BCUT2D eigenvalue weighted by molar-refractivity contribution is -0.384. The van der Waals surface area contributed by atoms with E-state index >= 15 is 0 Å². The van der Waals surface area contributed by atoms with Crippen molar-refractivity contribution in [3.8, 4) is 5.75 Å². The van der Waals surface area contributed by atoms with Crippen LogP contribution in [0, 0.1) is 24.0 Å². The standard InChI is InChI=1S/C25H20N4O4/c1-15-7-3-6-10-21(15)26-25(31)20-14-17-8-4-5-9-19(17)23(24(20)30)28-27-22-12-11-18(29(32)33)13-16(22)2/h3-14,30H,1-2H3,(H,26,31). The number of benzene rings is 4. The second-order valence-corrected chi connectivity index (χ2v) is 7.54. The van der Waals surface area contributed by atoms with Crippen LogP contribution in [-0.2, 0) is 0 Å². The number of azo groups is 1. The molecule has 0 atom stereocenters. The van der Waals surface area contributed by atoms with Gasteiger partial charge in [-0.3, -0.25) is 14.9 Å². The summed E-state index contributed by atoms with van der Waals surface area (Å²) in [6, 6.07) is 20.4.